The molecule has 3 N–H and O–H groups in total. The second-order valence-electron chi connectivity index (χ2n) is 3.81. The summed E-state index contributed by atoms with van der Waals surface area (Å²) in [6, 6.07) is 0.116. The number of nitrogens with two attached hydrogens (primary N) is 1. The second-order valence-corrected chi connectivity index (χ2v) is 3.81. The molecule has 2 fully saturated rings. The molecule has 74 valence electrons. The number of hydrogen-bond acceptors (Lipinski definition) is 3. The van der Waals surface area contributed by atoms with E-state index in [0.717, 1.165) is 26.1 Å². The fourth-order valence-electron chi connectivity index (χ4n) is 2.03. The molecule has 3 nitrogen and oxygen atoms in total. The summed E-state index contributed by atoms with van der Waals surface area (Å²) in [6.45, 7) is 3.16. The number of piperidine rings is 1. The number of hydrogen-bond donors (Lipinski definition) is 2. The van der Waals surface area contributed by atoms with Crippen LogP contribution in [0, 0.1) is 0 Å². The third kappa shape index (κ3) is 1.69. The Morgan fingerprint density at radius 3 is 2.92 bits per heavy atom. The molecule has 2 aliphatic rings. The molecule has 0 radical (unpaired) electrons. The monoisotopic (exact) mass is 185 g/mol. The van der Waals surface area contributed by atoms with Gasteiger partial charge in [-0.3, -0.25) is 4.90 Å². The minimum atomic E-state index is -0.715. The quantitative estimate of drug-likeness (QED) is 0.596. The molecular weight excluding hydrogens is 169 g/mol. The van der Waals surface area contributed by atoms with Crippen molar-refractivity contribution in [1.29, 1.82) is 0 Å². The Morgan fingerprint density at radius 2 is 2.31 bits per heavy atom. The maximum atomic E-state index is 13.4. The molecule has 0 bridgehead atoms. The molecule has 2 atom stereocenters. The smallest absolute Gasteiger partial charge is 0.128 e. The highest BCUT2D eigenvalue weighted by Gasteiger charge is 2.34. The molecule has 0 spiro atoms. The molecule has 0 aliphatic carbocycles. The van der Waals surface area contributed by atoms with Gasteiger partial charge in [0.2, 0.25) is 0 Å². The van der Waals surface area contributed by atoms with Gasteiger partial charge in [0, 0.05) is 25.7 Å². The van der Waals surface area contributed by atoms with Crippen molar-refractivity contribution in [3.63, 3.8) is 0 Å². The topological polar surface area (TPSA) is 41.3 Å². The van der Waals surface area contributed by atoms with Gasteiger partial charge in [-0.1, -0.05) is 0 Å². The van der Waals surface area contributed by atoms with E-state index in [1.165, 1.54) is 5.57 Å². The lowest BCUT2D eigenvalue weighted by Crippen LogP contribution is -2.56. The fourth-order valence-corrected chi connectivity index (χ4v) is 2.03. The van der Waals surface area contributed by atoms with Crippen molar-refractivity contribution >= 4 is 0 Å². The lowest BCUT2D eigenvalue weighted by atomic mass is 9.97. The zero-order valence-corrected chi connectivity index (χ0v) is 7.67. The molecule has 0 amide bonds. The molecule has 0 unspecified atom stereocenters. The first-order chi connectivity index (χ1) is 6.31. The van der Waals surface area contributed by atoms with E-state index in [1.54, 1.807) is 6.20 Å². The van der Waals surface area contributed by atoms with Crippen molar-refractivity contribution in [2.75, 3.05) is 26.2 Å². The second kappa shape index (κ2) is 3.64. The van der Waals surface area contributed by atoms with Gasteiger partial charge >= 0.3 is 0 Å². The first-order valence-electron chi connectivity index (χ1n) is 4.79. The van der Waals surface area contributed by atoms with Crippen molar-refractivity contribution in [1.82, 2.24) is 10.2 Å². The number of likely N-dealkylation sites (tertiary alicyclic amines) is 1. The van der Waals surface area contributed by atoms with Gasteiger partial charge in [0.15, 0.2) is 0 Å². The lowest BCUT2D eigenvalue weighted by Gasteiger charge is -2.43. The van der Waals surface area contributed by atoms with Gasteiger partial charge in [0.25, 0.3) is 0 Å². The zero-order valence-electron chi connectivity index (χ0n) is 7.67. The third-order valence-corrected chi connectivity index (χ3v) is 2.89. The number of nitrogens with one attached hydrogen (secondary N) is 1. The van der Waals surface area contributed by atoms with E-state index in [2.05, 4.69) is 10.2 Å². The Balaban J connectivity index is 1.87. The molecule has 0 aromatic rings. The van der Waals surface area contributed by atoms with E-state index in [9.17, 15) is 4.39 Å². The average molecular weight is 185 g/mol. The van der Waals surface area contributed by atoms with Gasteiger partial charge in [-0.15, -0.1) is 0 Å². The first-order valence-corrected chi connectivity index (χ1v) is 4.79. The number of nitrogens with zero attached hydrogens (tertiary/aromatic N) is 1. The molecule has 0 aromatic carbocycles. The summed E-state index contributed by atoms with van der Waals surface area (Å²) < 4.78 is 13.4. The van der Waals surface area contributed by atoms with E-state index in [0.29, 0.717) is 6.54 Å². The van der Waals surface area contributed by atoms with E-state index >= 15 is 0 Å². The summed E-state index contributed by atoms with van der Waals surface area (Å²) in [6.07, 6.45) is 1.84. The molecule has 2 aliphatic heterocycles. The number of halogens is 1. The number of alkyl halides is 1. The molecule has 2 heterocycles. The van der Waals surface area contributed by atoms with Crippen molar-refractivity contribution < 1.29 is 4.39 Å². The van der Waals surface area contributed by atoms with Crippen LogP contribution < -0.4 is 11.1 Å². The van der Waals surface area contributed by atoms with Crippen LogP contribution in [0.3, 0.4) is 0 Å². The van der Waals surface area contributed by atoms with Gasteiger partial charge < -0.3 is 11.1 Å². The van der Waals surface area contributed by atoms with Crippen molar-refractivity contribution in [3.8, 4) is 0 Å². The SMILES string of the molecule is NC=C1CN([C@@H]2CCNC[C@@H]2F)C1. The van der Waals surface area contributed by atoms with Crippen LogP contribution in [0.15, 0.2) is 11.8 Å². The van der Waals surface area contributed by atoms with Crippen molar-refractivity contribution in [2.24, 2.45) is 5.73 Å². The van der Waals surface area contributed by atoms with Crippen LogP contribution in [-0.2, 0) is 0 Å². The minimum absolute atomic E-state index is 0.116. The van der Waals surface area contributed by atoms with Gasteiger partial charge in [-0.25, -0.2) is 4.39 Å². The zero-order chi connectivity index (χ0) is 9.26. The predicted molar refractivity (Wildman–Crippen MR) is 50.0 cm³/mol. The van der Waals surface area contributed by atoms with Gasteiger partial charge in [-0.2, -0.15) is 0 Å². The Kier molecular flexibility index (Phi) is 2.51. The molecule has 2 rings (SSSR count). The normalized spacial score (nSPS) is 35.6. The summed E-state index contributed by atoms with van der Waals surface area (Å²) in [5, 5.41) is 3.05. The van der Waals surface area contributed by atoms with E-state index in [4.69, 9.17) is 5.73 Å². The van der Waals surface area contributed by atoms with Gasteiger partial charge in [-0.05, 0) is 24.7 Å². The predicted octanol–water partition coefficient (Wildman–Crippen LogP) is -0.155. The minimum Gasteiger partial charge on any atom is -0.405 e. The van der Waals surface area contributed by atoms with Crippen LogP contribution >= 0.6 is 0 Å². The van der Waals surface area contributed by atoms with Gasteiger partial charge in [0.1, 0.15) is 6.17 Å². The van der Waals surface area contributed by atoms with Gasteiger partial charge in [0.05, 0.1) is 0 Å². The Bertz CT molecular complexity index is 209. The maximum absolute atomic E-state index is 13.4. The first kappa shape index (κ1) is 8.97. The standard InChI is InChI=1S/C9H16FN3/c10-8-4-12-2-1-9(8)13-5-7(3-11)6-13/h3,8-9,12H,1-2,4-6,11H2/t8-,9+/m0/s1. The average Bonchev–Trinajstić information content (AvgIpc) is 2.06. The molecule has 0 aromatic heterocycles. The van der Waals surface area contributed by atoms with Crippen molar-refractivity contribution in [3.05, 3.63) is 11.8 Å². The van der Waals surface area contributed by atoms with Crippen LogP contribution in [0.2, 0.25) is 0 Å². The summed E-state index contributed by atoms with van der Waals surface area (Å²) in [7, 11) is 0. The highest BCUT2D eigenvalue weighted by molar-refractivity contribution is 5.15. The van der Waals surface area contributed by atoms with Crippen LogP contribution in [0.4, 0.5) is 4.39 Å². The Labute approximate surface area is 77.8 Å². The molecule has 0 saturated carbocycles. The lowest BCUT2D eigenvalue weighted by molar-refractivity contribution is 0.0707. The van der Waals surface area contributed by atoms with E-state index < -0.39 is 6.17 Å². The van der Waals surface area contributed by atoms with E-state index in [-0.39, 0.29) is 6.04 Å². The largest absolute Gasteiger partial charge is 0.405 e. The van der Waals surface area contributed by atoms with Crippen molar-refractivity contribution in [2.45, 2.75) is 18.6 Å². The third-order valence-electron chi connectivity index (χ3n) is 2.89. The number of rotatable bonds is 1. The highest BCUT2D eigenvalue weighted by Crippen LogP contribution is 2.23. The highest BCUT2D eigenvalue weighted by atomic mass is 19.1. The van der Waals surface area contributed by atoms with Crippen LogP contribution in [0.1, 0.15) is 6.42 Å². The summed E-state index contributed by atoms with van der Waals surface area (Å²) >= 11 is 0. The van der Waals surface area contributed by atoms with Crippen LogP contribution in [0.5, 0.6) is 0 Å². The molecule has 13 heavy (non-hydrogen) atoms. The molecule has 4 heteroatoms. The summed E-state index contributed by atoms with van der Waals surface area (Å²) in [5.74, 6) is 0. The molecule has 2 saturated heterocycles. The van der Waals surface area contributed by atoms with E-state index in [1.807, 2.05) is 0 Å². The fraction of sp³-hybridized carbons (Fsp3) is 0.778. The summed E-state index contributed by atoms with van der Waals surface area (Å²) in [5.41, 5.74) is 6.59. The van der Waals surface area contributed by atoms with Crippen LogP contribution in [-0.4, -0.2) is 43.3 Å². The Morgan fingerprint density at radius 1 is 1.54 bits per heavy atom. The van der Waals surface area contributed by atoms with Crippen LogP contribution in [0.25, 0.3) is 0 Å². The maximum Gasteiger partial charge on any atom is 0.128 e. The summed E-state index contributed by atoms with van der Waals surface area (Å²) in [4.78, 5) is 2.17. The Hall–Kier alpha value is -0.610. The molecular formula is C9H16FN3.